The van der Waals surface area contributed by atoms with E-state index in [2.05, 4.69) is 123 Å². The third kappa shape index (κ3) is 5.35. The van der Waals surface area contributed by atoms with Gasteiger partial charge in [-0.15, -0.1) is 0 Å². The van der Waals surface area contributed by atoms with Gasteiger partial charge in [0.2, 0.25) is 0 Å². The number of halogens is 2. The summed E-state index contributed by atoms with van der Waals surface area (Å²) >= 11 is -3.87. The van der Waals surface area contributed by atoms with Crippen molar-refractivity contribution < 1.29 is 17.9 Å². The van der Waals surface area contributed by atoms with E-state index in [1.54, 1.807) is 0 Å². The van der Waals surface area contributed by atoms with Gasteiger partial charge in [-0.1, -0.05) is 12.2 Å². The van der Waals surface area contributed by atoms with Crippen LogP contribution in [0.3, 0.4) is 0 Å². The number of benzene rings is 4. The average molecular weight is 629 g/mol. The maximum absolute atomic E-state index is 7.68. The van der Waals surface area contributed by atoms with Crippen molar-refractivity contribution in [2.45, 2.75) is 34.9 Å². The summed E-state index contributed by atoms with van der Waals surface area (Å²) in [5.41, 5.74) is 12.7. The minimum Gasteiger partial charge on any atom is -0.0919 e. The van der Waals surface area contributed by atoms with Gasteiger partial charge in [-0.2, -0.15) is 0 Å². The summed E-state index contributed by atoms with van der Waals surface area (Å²) in [5.74, 6) is 0. The van der Waals surface area contributed by atoms with E-state index in [9.17, 15) is 0 Å². The molecule has 0 aliphatic heterocycles. The first-order valence-electron chi connectivity index (χ1n) is 13.6. The Bertz CT molecular complexity index is 1450. The largest absolute Gasteiger partial charge is 0.0919 e. The van der Waals surface area contributed by atoms with E-state index in [0.717, 1.165) is 0 Å². The molecule has 0 aromatic heterocycles. The van der Waals surface area contributed by atoms with Crippen LogP contribution in [0.2, 0.25) is 0 Å². The van der Waals surface area contributed by atoms with Gasteiger partial charge in [-0.3, -0.25) is 0 Å². The standard InChI is InChI=1S/2C16H13.C4H8.2ClH.Zr/c2*1-12-10-14-8-5-9-15(16(14)11-12)13-6-3-2-4-7-13;1-3-4-2;;;/h2*2-11H,1H3;3-4H,1-2H3;2*1H;/q;;;;;+2/p-2. The molecule has 6 rings (SSSR count). The molecule has 0 saturated heterocycles. The fraction of sp³-hybridized carbons (Fsp3) is 0.167. The van der Waals surface area contributed by atoms with Gasteiger partial charge in [0, 0.05) is 0 Å². The first-order chi connectivity index (χ1) is 18.9. The summed E-state index contributed by atoms with van der Waals surface area (Å²) in [5, 5.41) is 0. The Kier molecular flexibility index (Phi) is 8.63. The van der Waals surface area contributed by atoms with Gasteiger partial charge >= 0.3 is 221 Å². The van der Waals surface area contributed by atoms with Crippen molar-refractivity contribution in [1.29, 1.82) is 0 Å². The molecule has 196 valence electrons. The molecule has 2 aliphatic rings. The summed E-state index contributed by atoms with van der Waals surface area (Å²) in [6, 6.07) is 34.4. The van der Waals surface area contributed by atoms with Crippen LogP contribution in [0.15, 0.2) is 120 Å². The third-order valence-electron chi connectivity index (χ3n) is 7.83. The number of hydrogen-bond acceptors (Lipinski definition) is 0. The predicted octanol–water partition coefficient (Wildman–Crippen LogP) is 11.7. The van der Waals surface area contributed by atoms with Crippen LogP contribution in [0.1, 0.15) is 57.2 Å². The Morgan fingerprint density at radius 2 is 0.923 bits per heavy atom. The first kappa shape index (κ1) is 28.1. The summed E-state index contributed by atoms with van der Waals surface area (Å²) in [4.78, 5) is 0. The third-order valence-corrected chi connectivity index (χ3v) is 20.5. The van der Waals surface area contributed by atoms with Crippen LogP contribution < -0.4 is 0 Å². The van der Waals surface area contributed by atoms with Gasteiger partial charge < -0.3 is 0 Å². The Labute approximate surface area is 245 Å². The van der Waals surface area contributed by atoms with Crippen LogP contribution in [0.25, 0.3) is 34.4 Å². The van der Waals surface area contributed by atoms with Gasteiger partial charge in [0.25, 0.3) is 0 Å². The van der Waals surface area contributed by atoms with Crippen molar-refractivity contribution >= 4 is 29.2 Å². The Hall–Kier alpha value is -2.44. The molecule has 2 unspecified atom stereocenters. The molecule has 0 N–H and O–H groups in total. The average Bonchev–Trinajstić information content (AvgIpc) is 3.50. The Morgan fingerprint density at radius 1 is 0.538 bits per heavy atom. The summed E-state index contributed by atoms with van der Waals surface area (Å²) < 4.78 is 0.233. The smallest absolute Gasteiger partial charge is 0.0470 e. The number of rotatable bonds is 4. The van der Waals surface area contributed by atoms with Crippen LogP contribution in [-0.2, 0) is 17.9 Å². The summed E-state index contributed by atoms with van der Waals surface area (Å²) in [6.07, 6.45) is 8.65. The van der Waals surface area contributed by atoms with Crippen LogP contribution in [-0.4, -0.2) is 0 Å². The second-order valence-corrected chi connectivity index (χ2v) is 25.0. The monoisotopic (exact) mass is 626 g/mol. The van der Waals surface area contributed by atoms with Gasteiger partial charge in [0.1, 0.15) is 0 Å². The number of fused-ring (bicyclic) bond motifs is 2. The fourth-order valence-electron chi connectivity index (χ4n) is 6.03. The van der Waals surface area contributed by atoms with Crippen LogP contribution in [0.5, 0.6) is 0 Å². The molecule has 0 spiro atoms. The molecule has 4 aromatic rings. The first-order valence-corrected chi connectivity index (χ1v) is 22.7. The van der Waals surface area contributed by atoms with E-state index < -0.39 is 17.9 Å². The van der Waals surface area contributed by atoms with Crippen molar-refractivity contribution in [2.75, 3.05) is 0 Å². The summed E-state index contributed by atoms with van der Waals surface area (Å²) in [7, 11) is 15.4. The second-order valence-electron chi connectivity index (χ2n) is 10.3. The molecule has 0 bridgehead atoms. The zero-order chi connectivity index (χ0) is 27.6. The molecule has 0 saturated carbocycles. The van der Waals surface area contributed by atoms with E-state index in [1.807, 2.05) is 26.0 Å². The van der Waals surface area contributed by atoms with Crippen molar-refractivity contribution in [3.63, 3.8) is 0 Å². The second kappa shape index (κ2) is 12.0. The fourth-order valence-corrected chi connectivity index (χ4v) is 20.4. The zero-order valence-corrected chi connectivity index (χ0v) is 26.9. The molecule has 0 amide bonds. The Balaban J connectivity index is 0.000000723. The molecule has 39 heavy (non-hydrogen) atoms. The maximum atomic E-state index is 7.68. The quantitative estimate of drug-likeness (QED) is 0.197. The van der Waals surface area contributed by atoms with E-state index >= 15 is 0 Å². The number of allylic oxidation sites excluding steroid dienone is 4. The van der Waals surface area contributed by atoms with E-state index in [1.165, 1.54) is 55.7 Å². The molecule has 0 nitrogen and oxygen atoms in total. The van der Waals surface area contributed by atoms with Crippen molar-refractivity contribution in [3.8, 4) is 22.3 Å². The van der Waals surface area contributed by atoms with E-state index in [4.69, 9.17) is 17.0 Å². The predicted molar refractivity (Wildman–Crippen MR) is 169 cm³/mol. The molecule has 4 aromatic carbocycles. The topological polar surface area (TPSA) is 0 Å². The normalized spacial score (nSPS) is 17.7. The zero-order valence-electron chi connectivity index (χ0n) is 23.0. The van der Waals surface area contributed by atoms with Crippen molar-refractivity contribution in [3.05, 3.63) is 143 Å². The van der Waals surface area contributed by atoms with Gasteiger partial charge in [0.15, 0.2) is 0 Å². The van der Waals surface area contributed by atoms with E-state index in [-0.39, 0.29) is 7.25 Å². The molecule has 2 aliphatic carbocycles. The SMILES string of the molecule is CC1=Cc2c(-c3ccccc3)cccc2[CH]1[Zr]([Cl])([Cl])[CH]1C(C)=Cc2c(-c3ccccc3)cccc21.CC=CC. The maximum Gasteiger partial charge on any atom is -0.0470 e. The molecule has 0 radical (unpaired) electrons. The minimum absolute atomic E-state index is 0.117. The van der Waals surface area contributed by atoms with Crippen LogP contribution in [0.4, 0.5) is 0 Å². The molecule has 0 fully saturated rings. The summed E-state index contributed by atoms with van der Waals surface area (Å²) in [6.45, 7) is 8.43. The molecule has 2 atom stereocenters. The van der Waals surface area contributed by atoms with Gasteiger partial charge in [-0.05, 0) is 13.8 Å². The Morgan fingerprint density at radius 3 is 1.28 bits per heavy atom. The molecule has 0 heterocycles. The van der Waals surface area contributed by atoms with Crippen molar-refractivity contribution in [1.82, 2.24) is 0 Å². The number of hydrogen-bond donors (Lipinski definition) is 0. The van der Waals surface area contributed by atoms with Crippen LogP contribution in [0, 0.1) is 0 Å². The molecular formula is C36H34Cl2Zr. The van der Waals surface area contributed by atoms with Crippen LogP contribution >= 0.6 is 17.0 Å². The van der Waals surface area contributed by atoms with E-state index in [0.29, 0.717) is 0 Å². The minimum atomic E-state index is -3.87. The molecular weight excluding hydrogens is 595 g/mol. The van der Waals surface area contributed by atoms with Gasteiger partial charge in [-0.25, -0.2) is 0 Å². The molecule has 3 heteroatoms. The van der Waals surface area contributed by atoms with Crippen molar-refractivity contribution in [2.24, 2.45) is 0 Å². The van der Waals surface area contributed by atoms with Gasteiger partial charge in [0.05, 0.1) is 0 Å².